The zero-order chi connectivity index (χ0) is 21.3. The van der Waals surface area contributed by atoms with E-state index < -0.39 is 15.1 Å². The number of hydroxylamine groups is 1. The van der Waals surface area contributed by atoms with Gasteiger partial charge in [-0.05, 0) is 18.4 Å². The van der Waals surface area contributed by atoms with Crippen molar-refractivity contribution in [3.8, 4) is 0 Å². The molecule has 1 unspecified atom stereocenters. The molecule has 1 heterocycles. The largest absolute Gasteiger partial charge is 0.436 e. The Morgan fingerprint density at radius 3 is 2.66 bits per heavy atom. The molecule has 2 rings (SSSR count). The molecule has 1 atom stereocenters. The second kappa shape index (κ2) is 11.5. The maximum atomic E-state index is 10.1. The van der Waals surface area contributed by atoms with Crippen molar-refractivity contribution < 1.29 is 14.6 Å². The molecule has 8 heteroatoms. The van der Waals surface area contributed by atoms with E-state index in [1.165, 1.54) is 0 Å². The average molecular weight is 415 g/mol. The third-order valence-corrected chi connectivity index (χ3v) is 6.29. The van der Waals surface area contributed by atoms with Gasteiger partial charge in [0.05, 0.1) is 18.6 Å². The predicted octanol–water partition coefficient (Wildman–Crippen LogP) is 4.01. The maximum absolute atomic E-state index is 10.1. The molecular weight excluding hydrogens is 381 g/mol. The van der Waals surface area contributed by atoms with Crippen LogP contribution in [0.5, 0.6) is 0 Å². The minimum absolute atomic E-state index is 0.0661. The molecule has 0 aliphatic carbocycles. The van der Waals surface area contributed by atoms with Crippen LogP contribution in [0.15, 0.2) is 55.5 Å². The predicted molar refractivity (Wildman–Crippen MR) is 121 cm³/mol. The zero-order valence-electron chi connectivity index (χ0n) is 18.1. The number of aromatic nitrogens is 2. The van der Waals surface area contributed by atoms with E-state index in [-0.39, 0.29) is 5.92 Å². The molecule has 0 spiro atoms. The van der Waals surface area contributed by atoms with Crippen molar-refractivity contribution in [1.29, 1.82) is 0 Å². The van der Waals surface area contributed by atoms with Gasteiger partial charge in [0, 0.05) is 33.3 Å². The smallest absolute Gasteiger partial charge is 0.401 e. The van der Waals surface area contributed by atoms with E-state index >= 15 is 0 Å². The third-order valence-electron chi connectivity index (χ3n) is 4.59. The van der Waals surface area contributed by atoms with Crippen LogP contribution in [0.3, 0.4) is 0 Å². The zero-order valence-corrected chi connectivity index (χ0v) is 19.1. The van der Waals surface area contributed by atoms with Gasteiger partial charge in [-0.25, -0.2) is 4.98 Å². The molecule has 2 aromatic rings. The fourth-order valence-corrected chi connectivity index (χ4v) is 3.47. The first-order valence-corrected chi connectivity index (χ1v) is 13.8. The van der Waals surface area contributed by atoms with Gasteiger partial charge >= 0.3 is 7.05 Å². The van der Waals surface area contributed by atoms with Gasteiger partial charge in [0.2, 0.25) is 0 Å². The first-order chi connectivity index (χ1) is 13.8. The van der Waals surface area contributed by atoms with Crippen molar-refractivity contribution in [2.45, 2.75) is 51.8 Å². The highest BCUT2D eigenvalue weighted by Gasteiger charge is 2.23. The van der Waals surface area contributed by atoms with Crippen LogP contribution >= 0.6 is 0 Å². The average Bonchev–Trinajstić information content (AvgIpc) is 3.14. The lowest BCUT2D eigenvalue weighted by atomic mass is 9.86. The van der Waals surface area contributed by atoms with Crippen molar-refractivity contribution in [2.75, 3.05) is 13.2 Å². The van der Waals surface area contributed by atoms with Gasteiger partial charge in [-0.15, -0.1) is 6.58 Å². The second-order valence-electron chi connectivity index (χ2n) is 8.49. The van der Waals surface area contributed by atoms with Gasteiger partial charge in [-0.2, -0.15) is 4.97 Å². The van der Waals surface area contributed by atoms with Crippen molar-refractivity contribution >= 4 is 15.1 Å². The van der Waals surface area contributed by atoms with Crippen molar-refractivity contribution in [3.63, 3.8) is 0 Å². The second-order valence-corrected chi connectivity index (χ2v) is 14.1. The van der Waals surface area contributed by atoms with Crippen LogP contribution in [-0.2, 0) is 22.9 Å². The quantitative estimate of drug-likeness (QED) is 0.232. The lowest BCUT2D eigenvalue weighted by molar-refractivity contribution is -0.114. The van der Waals surface area contributed by atoms with Gasteiger partial charge in [0.1, 0.15) is 6.73 Å². The molecule has 0 radical (unpaired) electrons. The van der Waals surface area contributed by atoms with E-state index in [9.17, 15) is 5.02 Å². The van der Waals surface area contributed by atoms with Crippen LogP contribution in [0.4, 0.5) is 0 Å². The molecule has 1 aromatic carbocycles. The Bertz CT molecular complexity index is 734. The van der Waals surface area contributed by atoms with E-state index in [0.717, 1.165) is 23.9 Å². The summed E-state index contributed by atoms with van der Waals surface area (Å²) in [5.41, 5.74) is 1.93. The summed E-state index contributed by atoms with van der Waals surface area (Å²) in [5.74, 6) is -0.0661. The fraction of sp³-hybridized carbons (Fsp3) is 0.476. The number of benzene rings is 1. The van der Waals surface area contributed by atoms with E-state index in [2.05, 4.69) is 31.2 Å². The molecule has 0 saturated carbocycles. The van der Waals surface area contributed by atoms with Gasteiger partial charge in [-0.3, -0.25) is 0 Å². The van der Waals surface area contributed by atoms with Gasteiger partial charge in [0.25, 0.3) is 0 Å². The Morgan fingerprint density at radius 1 is 1.31 bits per heavy atom. The van der Waals surface area contributed by atoms with E-state index in [1.807, 2.05) is 47.2 Å². The van der Waals surface area contributed by atoms with Gasteiger partial charge < -0.3 is 19.2 Å². The number of hydrogen-bond donors (Lipinski definition) is 1. The lowest BCUT2D eigenvalue weighted by Gasteiger charge is -2.25. The topological polar surface area (TPSA) is 59.8 Å². The summed E-state index contributed by atoms with van der Waals surface area (Å²) in [6, 6.07) is 11.0. The Balaban J connectivity index is 1.89. The van der Waals surface area contributed by atoms with Crippen LogP contribution in [-0.4, -0.2) is 47.8 Å². The first kappa shape index (κ1) is 23.6. The Kier molecular flexibility index (Phi) is 9.32. The molecule has 0 bridgehead atoms. The molecule has 29 heavy (non-hydrogen) atoms. The number of nitrogens with zero attached hydrogens (tertiary/aromatic N) is 3. The Hall–Kier alpha value is -1.71. The minimum Gasteiger partial charge on any atom is -0.436 e. The SMILES string of the molecule is C=CC(CN(OCc1ccccc1)B(C)O)c1cn(COCC[Si](C)(C)C)cn1. The molecule has 6 nitrogen and oxygen atoms in total. The first-order valence-electron chi connectivity index (χ1n) is 10.1. The van der Waals surface area contributed by atoms with E-state index in [1.54, 1.807) is 18.1 Å². The molecule has 1 N–H and O–H groups in total. The van der Waals surface area contributed by atoms with Gasteiger partial charge in [-0.1, -0.05) is 56.0 Å². The highest BCUT2D eigenvalue weighted by atomic mass is 28.3. The maximum Gasteiger partial charge on any atom is 0.401 e. The number of rotatable bonds is 13. The van der Waals surface area contributed by atoms with Crippen molar-refractivity contribution in [3.05, 3.63) is 66.8 Å². The molecule has 0 amide bonds. The van der Waals surface area contributed by atoms with Crippen LogP contribution in [0, 0.1) is 0 Å². The molecule has 0 saturated heterocycles. The summed E-state index contributed by atoms with van der Waals surface area (Å²) >= 11 is 0. The van der Waals surface area contributed by atoms with Crippen LogP contribution in [0.25, 0.3) is 0 Å². The third kappa shape index (κ3) is 8.67. The number of imidazole rings is 1. The molecular formula is C21H34BN3O3Si. The molecule has 1 aromatic heterocycles. The molecule has 0 aliphatic heterocycles. The number of hydrogen-bond acceptors (Lipinski definition) is 5. The molecule has 0 aliphatic rings. The fourth-order valence-electron chi connectivity index (χ4n) is 2.72. The highest BCUT2D eigenvalue weighted by Crippen LogP contribution is 2.18. The summed E-state index contributed by atoms with van der Waals surface area (Å²) in [6.07, 6.45) is 5.58. The summed E-state index contributed by atoms with van der Waals surface area (Å²) in [7, 11) is -1.82. The summed E-state index contributed by atoms with van der Waals surface area (Å²) in [5, 5.41) is 10.1. The van der Waals surface area contributed by atoms with E-state index in [4.69, 9.17) is 9.57 Å². The van der Waals surface area contributed by atoms with E-state index in [0.29, 0.717) is 19.9 Å². The van der Waals surface area contributed by atoms with Crippen LogP contribution < -0.4 is 0 Å². The van der Waals surface area contributed by atoms with Crippen LogP contribution in [0.1, 0.15) is 17.2 Å². The molecule has 158 valence electrons. The summed E-state index contributed by atoms with van der Waals surface area (Å²) in [4.78, 5) is 11.9. The van der Waals surface area contributed by atoms with Gasteiger partial charge in [0.15, 0.2) is 0 Å². The minimum atomic E-state index is -1.08. The van der Waals surface area contributed by atoms with Crippen molar-refractivity contribution in [2.24, 2.45) is 0 Å². The summed E-state index contributed by atoms with van der Waals surface area (Å²) in [6.45, 7) is 14.8. The monoisotopic (exact) mass is 415 g/mol. The highest BCUT2D eigenvalue weighted by molar-refractivity contribution is 6.76. The Labute approximate surface area is 176 Å². The normalized spacial score (nSPS) is 12.9. The lowest BCUT2D eigenvalue weighted by Crippen LogP contribution is -2.39. The number of ether oxygens (including phenoxy) is 1. The Morgan fingerprint density at radius 2 is 2.03 bits per heavy atom. The molecule has 0 fully saturated rings. The van der Waals surface area contributed by atoms with Crippen molar-refractivity contribution in [1.82, 2.24) is 14.5 Å². The van der Waals surface area contributed by atoms with Crippen LogP contribution in [0.2, 0.25) is 32.5 Å². The summed E-state index contributed by atoms with van der Waals surface area (Å²) < 4.78 is 7.72. The standard InChI is InChI=1S/C21H34BN3O3Si/c1-6-20(14-25(22(2)26)28-16-19-10-8-7-9-11-19)21-15-24(17-23-21)18-27-12-13-29(3,4)5/h6-11,15,17,20,26H,1,12-14,16,18H2,2-5H3.